The van der Waals surface area contributed by atoms with E-state index >= 15 is 0 Å². The number of fused-ring (bicyclic) bond motifs is 1. The van der Waals surface area contributed by atoms with Crippen molar-refractivity contribution in [2.24, 2.45) is 10.9 Å². The summed E-state index contributed by atoms with van der Waals surface area (Å²) in [4.78, 5) is 30.6. The Labute approximate surface area is 164 Å². The highest BCUT2D eigenvalue weighted by Gasteiger charge is 2.45. The van der Waals surface area contributed by atoms with E-state index in [1.165, 1.54) is 0 Å². The van der Waals surface area contributed by atoms with Gasteiger partial charge in [0.2, 0.25) is 0 Å². The van der Waals surface area contributed by atoms with E-state index in [0.717, 1.165) is 42.7 Å². The van der Waals surface area contributed by atoms with Crippen molar-refractivity contribution in [3.8, 4) is 5.75 Å². The van der Waals surface area contributed by atoms with Gasteiger partial charge in [0, 0.05) is 46.3 Å². The number of hydrogen-bond donors (Lipinski definition) is 0. The van der Waals surface area contributed by atoms with Gasteiger partial charge < -0.3 is 4.74 Å². The van der Waals surface area contributed by atoms with E-state index in [4.69, 9.17) is 21.3 Å². The summed E-state index contributed by atoms with van der Waals surface area (Å²) in [7, 11) is 0. The van der Waals surface area contributed by atoms with Crippen molar-refractivity contribution >= 4 is 28.9 Å². The second kappa shape index (κ2) is 7.43. The Morgan fingerprint density at radius 2 is 1.96 bits per heavy atom. The predicted molar refractivity (Wildman–Crippen MR) is 106 cm³/mol. The summed E-state index contributed by atoms with van der Waals surface area (Å²) in [5.41, 5.74) is 3.27. The molecule has 1 unspecified atom stereocenters. The largest absolute Gasteiger partial charge is 0.489 e. The summed E-state index contributed by atoms with van der Waals surface area (Å²) in [5.74, 6) is 0.159. The quantitative estimate of drug-likeness (QED) is 0.700. The van der Waals surface area contributed by atoms with Crippen LogP contribution < -0.4 is 4.74 Å². The number of hydrogen-bond acceptors (Lipinski definition) is 4. The van der Waals surface area contributed by atoms with Gasteiger partial charge in [-0.15, -0.1) is 0 Å². The van der Waals surface area contributed by atoms with Crippen molar-refractivity contribution in [2.45, 2.75) is 44.4 Å². The molecule has 2 atom stereocenters. The van der Waals surface area contributed by atoms with Crippen molar-refractivity contribution in [3.63, 3.8) is 0 Å². The van der Waals surface area contributed by atoms with Gasteiger partial charge >= 0.3 is 0 Å². The molecule has 1 fully saturated rings. The van der Waals surface area contributed by atoms with Crippen molar-refractivity contribution in [3.05, 3.63) is 52.7 Å². The normalized spacial score (nSPS) is 24.9. The zero-order valence-electron chi connectivity index (χ0n) is 15.2. The maximum absolute atomic E-state index is 12.9. The lowest BCUT2D eigenvalue weighted by Crippen LogP contribution is -2.39. The topological polar surface area (TPSA) is 55.7 Å². The molecule has 1 aliphatic heterocycles. The Hall–Kier alpha value is -2.20. The third-order valence-corrected chi connectivity index (χ3v) is 5.81. The van der Waals surface area contributed by atoms with E-state index in [2.05, 4.69) is 6.58 Å². The first kappa shape index (κ1) is 18.2. The van der Waals surface area contributed by atoms with Crippen molar-refractivity contribution in [1.29, 1.82) is 0 Å². The van der Waals surface area contributed by atoms with Crippen molar-refractivity contribution < 1.29 is 14.3 Å². The number of carbonyl (C=O) groups is 2. The van der Waals surface area contributed by atoms with Crippen molar-refractivity contribution in [2.75, 3.05) is 6.61 Å². The number of Topliss-reactive ketones (excluding diaryl/α,β-unsaturated/α-hetero) is 2. The molecule has 140 valence electrons. The van der Waals surface area contributed by atoms with Crippen molar-refractivity contribution in [1.82, 2.24) is 0 Å². The fraction of sp³-hybridized carbons (Fsp3) is 0.409. The van der Waals surface area contributed by atoms with Crippen LogP contribution in [0.1, 0.15) is 50.0 Å². The Kier molecular flexibility index (Phi) is 5.00. The van der Waals surface area contributed by atoms with Crippen LogP contribution in [0, 0.1) is 5.92 Å². The molecule has 0 saturated heterocycles. The molecule has 0 amide bonds. The Morgan fingerprint density at radius 3 is 2.78 bits per heavy atom. The molecule has 3 aliphatic rings. The molecule has 0 spiro atoms. The number of ether oxygens (including phenoxy) is 1. The Balaban J connectivity index is 1.90. The molecule has 4 rings (SSSR count). The molecule has 0 bridgehead atoms. The number of rotatable bonds is 4. The van der Waals surface area contributed by atoms with Gasteiger partial charge in [0.25, 0.3) is 0 Å². The van der Waals surface area contributed by atoms with Crippen LogP contribution >= 0.6 is 11.6 Å². The second-order valence-electron chi connectivity index (χ2n) is 7.30. The van der Waals surface area contributed by atoms with Gasteiger partial charge in [0.1, 0.15) is 18.1 Å². The fourth-order valence-electron chi connectivity index (χ4n) is 4.48. The van der Waals surface area contributed by atoms with Crippen LogP contribution in [0.2, 0.25) is 5.02 Å². The summed E-state index contributed by atoms with van der Waals surface area (Å²) in [6.45, 7) is 4.05. The number of aliphatic imine (C=N–C) groups is 1. The number of carbonyl (C=O) groups excluding carboxylic acids is 2. The number of benzene rings is 1. The summed E-state index contributed by atoms with van der Waals surface area (Å²) in [6, 6.07) is 5.41. The lowest BCUT2D eigenvalue weighted by molar-refractivity contribution is -0.122. The van der Waals surface area contributed by atoms with Gasteiger partial charge in [-0.2, -0.15) is 0 Å². The fourth-order valence-corrected chi connectivity index (χ4v) is 4.66. The molecular formula is C22H22ClNO3. The molecule has 0 radical (unpaired) electrons. The van der Waals surface area contributed by atoms with Gasteiger partial charge in [-0.1, -0.05) is 24.3 Å². The maximum atomic E-state index is 12.9. The van der Waals surface area contributed by atoms with Gasteiger partial charge in [0.15, 0.2) is 5.78 Å². The zero-order valence-corrected chi connectivity index (χ0v) is 15.9. The molecule has 5 heteroatoms. The molecular weight excluding hydrogens is 362 g/mol. The molecule has 2 aliphatic carbocycles. The first-order valence-electron chi connectivity index (χ1n) is 9.49. The minimum atomic E-state index is -0.385. The SMILES string of the molecule is C=CCOc1ccc(Cl)cc1[C@H]1C2=C(CCCC2=O)N=C2CCCC(=O)C21. The van der Waals surface area contributed by atoms with Gasteiger partial charge in [0.05, 0.1) is 5.92 Å². The van der Waals surface area contributed by atoms with E-state index in [-0.39, 0.29) is 23.4 Å². The highest BCUT2D eigenvalue weighted by Crippen LogP contribution is 2.48. The zero-order chi connectivity index (χ0) is 19.0. The smallest absolute Gasteiger partial charge is 0.161 e. The molecule has 4 nitrogen and oxygen atoms in total. The molecule has 1 saturated carbocycles. The second-order valence-corrected chi connectivity index (χ2v) is 7.73. The van der Waals surface area contributed by atoms with Crippen LogP contribution in [0.3, 0.4) is 0 Å². The standard InChI is InChI=1S/C22H22ClNO3/c1-2-11-27-19-10-9-13(23)12-14(19)20-21-15(5-3-7-17(21)25)24-16-6-4-8-18(26)22(16)20/h2,9-10,12,20-21H,1,3-8,11H2/t20-,21?/m1/s1. The number of nitrogens with zero attached hydrogens (tertiary/aromatic N) is 1. The summed E-state index contributed by atoms with van der Waals surface area (Å²) in [6.07, 6.45) is 5.94. The first-order chi connectivity index (χ1) is 13.1. The summed E-state index contributed by atoms with van der Waals surface area (Å²) in [5, 5.41) is 0.564. The third-order valence-electron chi connectivity index (χ3n) is 5.58. The molecule has 1 heterocycles. The summed E-state index contributed by atoms with van der Waals surface area (Å²) >= 11 is 6.30. The van der Waals surface area contributed by atoms with Gasteiger partial charge in [-0.25, -0.2) is 0 Å². The summed E-state index contributed by atoms with van der Waals surface area (Å²) < 4.78 is 5.86. The number of halogens is 1. The first-order valence-corrected chi connectivity index (χ1v) is 9.87. The highest BCUT2D eigenvalue weighted by molar-refractivity contribution is 6.30. The lowest BCUT2D eigenvalue weighted by atomic mass is 9.67. The minimum Gasteiger partial charge on any atom is -0.489 e. The Bertz CT molecular complexity index is 884. The number of ketones is 2. The predicted octanol–water partition coefficient (Wildman–Crippen LogP) is 4.82. The van der Waals surface area contributed by atoms with E-state index < -0.39 is 0 Å². The Morgan fingerprint density at radius 1 is 1.15 bits per heavy atom. The molecule has 0 aromatic heterocycles. The van der Waals surface area contributed by atoms with E-state index in [9.17, 15) is 9.59 Å². The molecule has 1 aromatic carbocycles. The maximum Gasteiger partial charge on any atom is 0.161 e. The van der Waals surface area contributed by atoms with Crippen LogP contribution in [-0.2, 0) is 9.59 Å². The van der Waals surface area contributed by atoms with Crippen LogP contribution in [0.25, 0.3) is 0 Å². The van der Waals surface area contributed by atoms with E-state index in [1.807, 2.05) is 12.1 Å². The van der Waals surface area contributed by atoms with Crippen LogP contribution in [0.4, 0.5) is 0 Å². The third kappa shape index (κ3) is 3.27. The van der Waals surface area contributed by atoms with E-state index in [0.29, 0.717) is 35.8 Å². The van der Waals surface area contributed by atoms with Gasteiger partial charge in [-0.05, 0) is 43.9 Å². The molecule has 1 aromatic rings. The average Bonchev–Trinajstić information content (AvgIpc) is 2.66. The van der Waals surface area contributed by atoms with Crippen LogP contribution in [0.15, 0.2) is 47.1 Å². The average molecular weight is 384 g/mol. The lowest BCUT2D eigenvalue weighted by Gasteiger charge is -2.38. The molecule has 27 heavy (non-hydrogen) atoms. The van der Waals surface area contributed by atoms with Gasteiger partial charge in [-0.3, -0.25) is 14.6 Å². The van der Waals surface area contributed by atoms with Crippen LogP contribution in [0.5, 0.6) is 5.75 Å². The van der Waals surface area contributed by atoms with E-state index in [1.54, 1.807) is 12.1 Å². The van der Waals surface area contributed by atoms with Crippen LogP contribution in [-0.4, -0.2) is 23.9 Å². The highest BCUT2D eigenvalue weighted by atomic mass is 35.5. The monoisotopic (exact) mass is 383 g/mol. The molecule has 0 N–H and O–H groups in total. The number of allylic oxidation sites excluding steroid dienone is 2. The minimum absolute atomic E-state index is 0.0945.